The molecule has 0 aliphatic carbocycles. The van der Waals surface area contributed by atoms with Crippen LogP contribution >= 0.6 is 11.3 Å². The van der Waals surface area contributed by atoms with E-state index >= 15 is 0 Å². The molecule has 0 aliphatic rings. The Kier molecular flexibility index (Phi) is 5.63. The summed E-state index contributed by atoms with van der Waals surface area (Å²) in [7, 11) is 1.78. The van der Waals surface area contributed by atoms with Crippen LogP contribution in [-0.2, 0) is 19.6 Å². The molecular formula is C18H21N5S. The van der Waals surface area contributed by atoms with Gasteiger partial charge in [0.05, 0.1) is 19.3 Å². The number of nitrogens with one attached hydrogen (secondary N) is 2. The zero-order valence-corrected chi connectivity index (χ0v) is 14.5. The van der Waals surface area contributed by atoms with Crippen molar-refractivity contribution in [2.24, 2.45) is 4.99 Å². The normalized spacial score (nSPS) is 11.5. The van der Waals surface area contributed by atoms with Gasteiger partial charge in [-0.2, -0.15) is 5.10 Å². The largest absolute Gasteiger partial charge is 0.352 e. The SMILES string of the molecule is CN=C(NCc1cnn(Cc2ccccc2)c1)NCc1cccs1. The molecule has 0 amide bonds. The van der Waals surface area contributed by atoms with Crippen molar-refractivity contribution in [1.82, 2.24) is 20.4 Å². The number of benzene rings is 1. The minimum atomic E-state index is 0.693. The Hall–Kier alpha value is -2.60. The summed E-state index contributed by atoms with van der Waals surface area (Å²) in [6.07, 6.45) is 3.95. The molecular weight excluding hydrogens is 318 g/mol. The lowest BCUT2D eigenvalue weighted by Gasteiger charge is -2.10. The molecule has 0 saturated heterocycles. The molecule has 0 fully saturated rings. The van der Waals surface area contributed by atoms with Crippen molar-refractivity contribution in [2.45, 2.75) is 19.6 Å². The van der Waals surface area contributed by atoms with Crippen molar-refractivity contribution >= 4 is 17.3 Å². The van der Waals surface area contributed by atoms with E-state index in [9.17, 15) is 0 Å². The van der Waals surface area contributed by atoms with Gasteiger partial charge in [0.1, 0.15) is 0 Å². The Morgan fingerprint density at radius 1 is 1.08 bits per heavy atom. The van der Waals surface area contributed by atoms with E-state index in [1.165, 1.54) is 10.4 Å². The first-order valence-electron chi connectivity index (χ1n) is 7.85. The predicted octanol–water partition coefficient (Wildman–Crippen LogP) is 2.86. The molecule has 124 valence electrons. The molecule has 0 unspecified atom stereocenters. The number of nitrogens with zero attached hydrogens (tertiary/aromatic N) is 3. The molecule has 3 aromatic rings. The van der Waals surface area contributed by atoms with E-state index < -0.39 is 0 Å². The molecule has 3 rings (SSSR count). The van der Waals surface area contributed by atoms with Crippen LogP contribution < -0.4 is 10.6 Å². The summed E-state index contributed by atoms with van der Waals surface area (Å²) in [5.74, 6) is 0.791. The maximum atomic E-state index is 4.42. The third kappa shape index (κ3) is 4.70. The molecule has 0 aliphatic heterocycles. The fourth-order valence-corrected chi connectivity index (χ4v) is 2.99. The zero-order chi connectivity index (χ0) is 16.6. The average molecular weight is 339 g/mol. The smallest absolute Gasteiger partial charge is 0.191 e. The molecule has 2 N–H and O–H groups in total. The van der Waals surface area contributed by atoms with Crippen molar-refractivity contribution in [3.63, 3.8) is 0 Å². The molecule has 6 heteroatoms. The van der Waals surface area contributed by atoms with Crippen LogP contribution in [0.3, 0.4) is 0 Å². The van der Waals surface area contributed by atoms with Crippen LogP contribution in [0.1, 0.15) is 16.0 Å². The van der Waals surface area contributed by atoms with Crippen LogP contribution in [0.25, 0.3) is 0 Å². The van der Waals surface area contributed by atoms with Gasteiger partial charge in [0.25, 0.3) is 0 Å². The van der Waals surface area contributed by atoms with Gasteiger partial charge in [0, 0.05) is 30.2 Å². The van der Waals surface area contributed by atoms with E-state index in [1.54, 1.807) is 18.4 Å². The van der Waals surface area contributed by atoms with Gasteiger partial charge in [-0.1, -0.05) is 36.4 Å². The summed E-state index contributed by atoms with van der Waals surface area (Å²) >= 11 is 1.74. The summed E-state index contributed by atoms with van der Waals surface area (Å²) in [4.78, 5) is 5.53. The van der Waals surface area contributed by atoms with Gasteiger partial charge >= 0.3 is 0 Å². The highest BCUT2D eigenvalue weighted by Gasteiger charge is 2.02. The van der Waals surface area contributed by atoms with Crippen LogP contribution in [-0.4, -0.2) is 22.8 Å². The van der Waals surface area contributed by atoms with Gasteiger partial charge in [0.15, 0.2) is 5.96 Å². The molecule has 1 aromatic carbocycles. The van der Waals surface area contributed by atoms with Crippen LogP contribution in [0.5, 0.6) is 0 Å². The van der Waals surface area contributed by atoms with E-state index in [-0.39, 0.29) is 0 Å². The molecule has 2 heterocycles. The first-order valence-corrected chi connectivity index (χ1v) is 8.73. The lowest BCUT2D eigenvalue weighted by Crippen LogP contribution is -2.36. The first kappa shape index (κ1) is 16.3. The van der Waals surface area contributed by atoms with Crippen molar-refractivity contribution in [2.75, 3.05) is 7.05 Å². The summed E-state index contributed by atoms with van der Waals surface area (Å²) in [6, 6.07) is 14.5. The number of hydrogen-bond donors (Lipinski definition) is 2. The fraction of sp³-hybridized carbons (Fsp3) is 0.222. The second-order valence-corrected chi connectivity index (χ2v) is 6.42. The van der Waals surface area contributed by atoms with Crippen LogP contribution in [0.2, 0.25) is 0 Å². The van der Waals surface area contributed by atoms with Crippen molar-refractivity contribution in [1.29, 1.82) is 0 Å². The van der Waals surface area contributed by atoms with Gasteiger partial charge in [-0.25, -0.2) is 0 Å². The second-order valence-electron chi connectivity index (χ2n) is 5.39. The van der Waals surface area contributed by atoms with Crippen molar-refractivity contribution in [3.8, 4) is 0 Å². The maximum absolute atomic E-state index is 4.42. The average Bonchev–Trinajstić information content (AvgIpc) is 3.28. The fourth-order valence-electron chi connectivity index (χ4n) is 2.35. The predicted molar refractivity (Wildman–Crippen MR) is 99.1 cm³/mol. The Morgan fingerprint density at radius 2 is 1.92 bits per heavy atom. The molecule has 2 aromatic heterocycles. The van der Waals surface area contributed by atoms with E-state index in [0.29, 0.717) is 6.54 Å². The third-order valence-electron chi connectivity index (χ3n) is 3.57. The molecule has 0 bridgehead atoms. The van der Waals surface area contributed by atoms with Gasteiger partial charge in [-0.3, -0.25) is 9.67 Å². The lowest BCUT2D eigenvalue weighted by atomic mass is 10.2. The standard InChI is InChI=1S/C18H21N5S/c1-19-18(21-12-17-8-5-9-24-17)20-10-16-11-22-23(14-16)13-15-6-3-2-4-7-15/h2-9,11,14H,10,12-13H2,1H3,(H2,19,20,21). The van der Waals surface area contributed by atoms with Gasteiger partial charge in [-0.05, 0) is 17.0 Å². The lowest BCUT2D eigenvalue weighted by molar-refractivity contribution is 0.685. The molecule has 0 saturated carbocycles. The van der Waals surface area contributed by atoms with Gasteiger partial charge < -0.3 is 10.6 Å². The number of hydrogen-bond acceptors (Lipinski definition) is 3. The highest BCUT2D eigenvalue weighted by Crippen LogP contribution is 2.07. The third-order valence-corrected chi connectivity index (χ3v) is 4.44. The zero-order valence-electron chi connectivity index (χ0n) is 13.6. The van der Waals surface area contributed by atoms with Crippen molar-refractivity contribution < 1.29 is 0 Å². The monoisotopic (exact) mass is 339 g/mol. The number of guanidine groups is 1. The molecule has 5 nitrogen and oxygen atoms in total. The quantitative estimate of drug-likeness (QED) is 0.536. The molecule has 0 spiro atoms. The Morgan fingerprint density at radius 3 is 2.67 bits per heavy atom. The van der Waals surface area contributed by atoms with Crippen LogP contribution in [0.4, 0.5) is 0 Å². The number of rotatable bonds is 6. The Labute approximate surface area is 146 Å². The van der Waals surface area contributed by atoms with E-state index in [1.807, 2.05) is 29.1 Å². The summed E-state index contributed by atoms with van der Waals surface area (Å²) < 4.78 is 1.95. The highest BCUT2D eigenvalue weighted by molar-refractivity contribution is 7.09. The minimum absolute atomic E-state index is 0.693. The number of thiophene rings is 1. The van der Waals surface area contributed by atoms with E-state index in [4.69, 9.17) is 0 Å². The summed E-state index contributed by atoms with van der Waals surface area (Å²) in [5, 5.41) is 13.1. The topological polar surface area (TPSA) is 54.2 Å². The maximum Gasteiger partial charge on any atom is 0.191 e. The van der Waals surface area contributed by atoms with Crippen molar-refractivity contribution in [3.05, 3.63) is 76.2 Å². The second kappa shape index (κ2) is 8.31. The number of aliphatic imine (C=N–C) groups is 1. The van der Waals surface area contributed by atoms with Crippen LogP contribution in [0.15, 0.2) is 65.2 Å². The van der Waals surface area contributed by atoms with Gasteiger partial charge in [0.2, 0.25) is 0 Å². The molecule has 24 heavy (non-hydrogen) atoms. The number of aromatic nitrogens is 2. The molecule has 0 radical (unpaired) electrons. The summed E-state index contributed by atoms with van der Waals surface area (Å²) in [6.45, 7) is 2.26. The highest BCUT2D eigenvalue weighted by atomic mass is 32.1. The van der Waals surface area contributed by atoms with Crippen LogP contribution in [0, 0.1) is 0 Å². The Bertz CT molecular complexity index is 762. The Balaban J connectivity index is 1.49. The van der Waals surface area contributed by atoms with E-state index in [0.717, 1.165) is 24.6 Å². The first-order chi connectivity index (χ1) is 11.8. The van der Waals surface area contributed by atoms with E-state index in [2.05, 4.69) is 56.6 Å². The molecule has 0 atom stereocenters. The summed E-state index contributed by atoms with van der Waals surface area (Å²) in [5.41, 5.74) is 2.37. The minimum Gasteiger partial charge on any atom is -0.352 e. The van der Waals surface area contributed by atoms with Gasteiger partial charge in [-0.15, -0.1) is 11.3 Å².